The smallest absolute Gasteiger partial charge is 0.220 e. The van der Waals surface area contributed by atoms with Gasteiger partial charge in [-0.3, -0.25) is 4.79 Å². The molecule has 2 aromatic carbocycles. The van der Waals surface area contributed by atoms with E-state index in [2.05, 4.69) is 5.32 Å². The molecule has 0 bridgehead atoms. The van der Waals surface area contributed by atoms with E-state index in [4.69, 9.17) is 4.42 Å². The van der Waals surface area contributed by atoms with E-state index in [1.54, 1.807) is 42.5 Å². The fraction of sp³-hybridized carbons (Fsp3) is 0.227. The molecule has 0 spiro atoms. The Kier molecular flexibility index (Phi) is 6.17. The molecule has 0 aliphatic carbocycles. The summed E-state index contributed by atoms with van der Waals surface area (Å²) in [4.78, 5) is 12.5. The van der Waals surface area contributed by atoms with Crippen molar-refractivity contribution in [2.24, 2.45) is 0 Å². The van der Waals surface area contributed by atoms with E-state index in [0.29, 0.717) is 23.5 Å². The number of carbonyl (C=O) groups is 1. The molecule has 0 saturated heterocycles. The Morgan fingerprint density at radius 2 is 1.76 bits per heavy atom. The average Bonchev–Trinajstić information content (AvgIpc) is 3.15. The summed E-state index contributed by atoms with van der Waals surface area (Å²) in [5.41, 5.74) is 1.19. The first-order valence-corrected chi connectivity index (χ1v) is 11.1. The number of nitrogens with one attached hydrogen (secondary N) is 1. The molecule has 1 atom stereocenters. The zero-order chi connectivity index (χ0) is 21.0. The summed E-state index contributed by atoms with van der Waals surface area (Å²) in [6.45, 7) is 1.83. The van der Waals surface area contributed by atoms with E-state index in [1.165, 1.54) is 18.2 Å². The van der Waals surface area contributed by atoms with Crippen LogP contribution in [0.15, 0.2) is 70.0 Å². The van der Waals surface area contributed by atoms with E-state index in [9.17, 15) is 17.6 Å². The van der Waals surface area contributed by atoms with Crippen molar-refractivity contribution >= 4 is 15.7 Å². The van der Waals surface area contributed by atoms with Crippen LogP contribution in [0.5, 0.6) is 0 Å². The van der Waals surface area contributed by atoms with Gasteiger partial charge in [-0.25, -0.2) is 12.8 Å². The third kappa shape index (κ3) is 5.32. The van der Waals surface area contributed by atoms with Crippen LogP contribution in [0.3, 0.4) is 0 Å². The first-order valence-electron chi connectivity index (χ1n) is 9.17. The average molecular weight is 415 g/mol. The number of carbonyl (C=O) groups excluding carboxylic acids is 1. The molecule has 3 aromatic rings. The Bertz CT molecular complexity index is 1100. The van der Waals surface area contributed by atoms with Gasteiger partial charge in [-0.2, -0.15) is 0 Å². The maximum atomic E-state index is 13.8. The fourth-order valence-electron chi connectivity index (χ4n) is 2.96. The molecular weight excluding hydrogens is 393 g/mol. The highest BCUT2D eigenvalue weighted by Gasteiger charge is 2.14. The van der Waals surface area contributed by atoms with E-state index in [0.717, 1.165) is 11.8 Å². The van der Waals surface area contributed by atoms with E-state index in [-0.39, 0.29) is 29.1 Å². The van der Waals surface area contributed by atoms with E-state index < -0.39 is 9.84 Å². The molecule has 0 unspecified atom stereocenters. The summed E-state index contributed by atoms with van der Waals surface area (Å²) < 4.78 is 42.5. The van der Waals surface area contributed by atoms with E-state index >= 15 is 0 Å². The van der Waals surface area contributed by atoms with Crippen LogP contribution in [-0.2, 0) is 21.1 Å². The van der Waals surface area contributed by atoms with Gasteiger partial charge in [0.1, 0.15) is 17.3 Å². The number of aryl methyl sites for hydroxylation is 1. The minimum Gasteiger partial charge on any atom is -0.461 e. The Morgan fingerprint density at radius 3 is 2.41 bits per heavy atom. The van der Waals surface area contributed by atoms with Crippen molar-refractivity contribution in [3.63, 3.8) is 0 Å². The highest BCUT2D eigenvalue weighted by Crippen LogP contribution is 2.25. The van der Waals surface area contributed by atoms with Crippen LogP contribution >= 0.6 is 0 Å². The van der Waals surface area contributed by atoms with Crippen molar-refractivity contribution in [2.75, 3.05) is 6.26 Å². The normalized spacial score (nSPS) is 12.5. The number of sulfone groups is 1. The Labute approximate surface area is 169 Å². The monoisotopic (exact) mass is 415 g/mol. The zero-order valence-corrected chi connectivity index (χ0v) is 17.0. The summed E-state index contributed by atoms with van der Waals surface area (Å²) in [5.74, 6) is 0.511. The lowest BCUT2D eigenvalue weighted by molar-refractivity contribution is -0.121. The lowest BCUT2D eigenvalue weighted by Gasteiger charge is -2.14. The summed E-state index contributed by atoms with van der Waals surface area (Å²) in [7, 11) is -3.25. The Balaban J connectivity index is 1.55. The molecule has 0 fully saturated rings. The van der Waals surface area contributed by atoms with Gasteiger partial charge in [-0.1, -0.05) is 24.3 Å². The molecule has 3 rings (SSSR count). The van der Waals surface area contributed by atoms with Gasteiger partial charge in [-0.15, -0.1) is 0 Å². The standard InChI is InChI=1S/C22H22FNO4S/c1-15(16-7-11-18(12-8-16)29(2,26)27)24-22(25)14-10-17-9-13-21(28-17)19-5-3-4-6-20(19)23/h3-9,11-13,15H,10,14H2,1-2H3,(H,24,25)/t15-/m1/s1. The number of benzene rings is 2. The number of amides is 1. The van der Waals surface area contributed by atoms with Crippen LogP contribution < -0.4 is 5.32 Å². The SMILES string of the molecule is C[C@@H](NC(=O)CCc1ccc(-c2ccccc2F)o1)c1ccc(S(C)(=O)=O)cc1. The van der Waals surface area contributed by atoms with Crippen LogP contribution in [0.25, 0.3) is 11.3 Å². The molecule has 1 amide bonds. The maximum Gasteiger partial charge on any atom is 0.220 e. The predicted molar refractivity (Wildman–Crippen MR) is 109 cm³/mol. The summed E-state index contributed by atoms with van der Waals surface area (Å²) >= 11 is 0. The van der Waals surface area contributed by atoms with Gasteiger partial charge in [0, 0.05) is 19.1 Å². The van der Waals surface area contributed by atoms with Crippen molar-refractivity contribution in [1.82, 2.24) is 5.32 Å². The summed E-state index contributed by atoms with van der Waals surface area (Å²) in [6.07, 6.45) is 1.76. The van der Waals surface area contributed by atoms with Gasteiger partial charge in [0.2, 0.25) is 5.91 Å². The molecule has 0 saturated carbocycles. The van der Waals surface area contributed by atoms with Crippen LogP contribution in [-0.4, -0.2) is 20.6 Å². The van der Waals surface area contributed by atoms with Crippen molar-refractivity contribution in [1.29, 1.82) is 0 Å². The minimum atomic E-state index is -3.25. The molecule has 0 radical (unpaired) electrons. The second kappa shape index (κ2) is 8.61. The van der Waals surface area contributed by atoms with Crippen molar-refractivity contribution in [3.05, 3.63) is 77.8 Å². The molecule has 1 N–H and O–H groups in total. The second-order valence-corrected chi connectivity index (χ2v) is 8.89. The quantitative estimate of drug-likeness (QED) is 0.624. The van der Waals surface area contributed by atoms with Gasteiger partial charge in [-0.05, 0) is 48.9 Å². The first kappa shape index (κ1) is 20.8. The molecular formula is C22H22FNO4S. The van der Waals surface area contributed by atoms with Gasteiger partial charge < -0.3 is 9.73 Å². The molecule has 1 aromatic heterocycles. The van der Waals surface area contributed by atoms with Crippen LogP contribution in [0.2, 0.25) is 0 Å². The third-order valence-corrected chi connectivity index (χ3v) is 5.71. The zero-order valence-electron chi connectivity index (χ0n) is 16.2. The van der Waals surface area contributed by atoms with Gasteiger partial charge >= 0.3 is 0 Å². The molecule has 5 nitrogen and oxygen atoms in total. The van der Waals surface area contributed by atoms with Crippen LogP contribution in [0, 0.1) is 5.82 Å². The van der Waals surface area contributed by atoms with Gasteiger partial charge in [0.25, 0.3) is 0 Å². The molecule has 152 valence electrons. The lowest BCUT2D eigenvalue weighted by Crippen LogP contribution is -2.26. The number of halogens is 1. The first-order chi connectivity index (χ1) is 13.7. The Morgan fingerprint density at radius 1 is 1.07 bits per heavy atom. The molecule has 0 aliphatic rings. The van der Waals surface area contributed by atoms with Crippen LogP contribution in [0.4, 0.5) is 4.39 Å². The van der Waals surface area contributed by atoms with E-state index in [1.807, 2.05) is 6.92 Å². The Hall–Kier alpha value is -2.93. The number of hydrogen-bond donors (Lipinski definition) is 1. The minimum absolute atomic E-state index is 0.159. The molecule has 29 heavy (non-hydrogen) atoms. The predicted octanol–water partition coefficient (Wildman–Crippen LogP) is 4.30. The molecule has 0 aliphatic heterocycles. The number of hydrogen-bond acceptors (Lipinski definition) is 4. The van der Waals surface area contributed by atoms with Gasteiger partial charge in [0.15, 0.2) is 9.84 Å². The highest BCUT2D eigenvalue weighted by molar-refractivity contribution is 7.90. The summed E-state index contributed by atoms with van der Waals surface area (Å²) in [6, 6.07) is 16.0. The fourth-order valence-corrected chi connectivity index (χ4v) is 3.59. The maximum absolute atomic E-state index is 13.8. The largest absolute Gasteiger partial charge is 0.461 e. The van der Waals surface area contributed by atoms with Crippen LogP contribution in [0.1, 0.15) is 30.7 Å². The van der Waals surface area contributed by atoms with Crippen molar-refractivity contribution in [3.8, 4) is 11.3 Å². The van der Waals surface area contributed by atoms with Gasteiger partial charge in [0.05, 0.1) is 16.5 Å². The topological polar surface area (TPSA) is 76.4 Å². The number of rotatable bonds is 7. The van der Waals surface area contributed by atoms with Crippen molar-refractivity contribution in [2.45, 2.75) is 30.7 Å². The molecule has 7 heteroatoms. The summed E-state index contributed by atoms with van der Waals surface area (Å²) in [5, 5.41) is 2.88. The molecule has 1 heterocycles. The van der Waals surface area contributed by atoms with Crippen molar-refractivity contribution < 1.29 is 22.0 Å². The highest BCUT2D eigenvalue weighted by atomic mass is 32.2. The lowest BCUT2D eigenvalue weighted by atomic mass is 10.1. The number of furan rings is 1. The third-order valence-electron chi connectivity index (χ3n) is 4.59. The second-order valence-electron chi connectivity index (χ2n) is 6.88.